The second kappa shape index (κ2) is 6.95. The van der Waals surface area contributed by atoms with E-state index in [1.54, 1.807) is 6.07 Å². The molecular weight excluding hydrogens is 271 g/mol. The number of nitrogens with one attached hydrogen (secondary N) is 1. The molecule has 0 saturated carbocycles. The number of hydrogen-bond donors (Lipinski definition) is 1. The van der Waals surface area contributed by atoms with Crippen LogP contribution < -0.4 is 10.1 Å². The largest absolute Gasteiger partial charge is 0.573 e. The molecular formula is C14H17F3NO2. The molecule has 3 nitrogen and oxygen atoms in total. The molecule has 1 unspecified atom stereocenters. The molecule has 0 amide bonds. The van der Waals surface area contributed by atoms with Crippen LogP contribution in [-0.2, 0) is 11.3 Å². The lowest BCUT2D eigenvalue weighted by molar-refractivity contribution is -0.274. The number of rotatable bonds is 5. The molecule has 1 atom stereocenters. The molecule has 0 aromatic heterocycles. The second-order valence-corrected chi connectivity index (χ2v) is 4.70. The molecule has 1 heterocycles. The van der Waals surface area contributed by atoms with Crippen LogP contribution in [0, 0.1) is 12.3 Å². The Morgan fingerprint density at radius 2 is 2.15 bits per heavy atom. The van der Waals surface area contributed by atoms with Gasteiger partial charge in [-0.15, -0.1) is 13.2 Å². The predicted octanol–water partition coefficient (Wildman–Crippen LogP) is 2.92. The number of halogens is 3. The second-order valence-electron chi connectivity index (χ2n) is 4.70. The standard InChI is InChI=1S/C14H17F3NO2/c15-14(16,17)20-13-5-1-3-11(7-13)9-19-10-12-4-2-6-18-8-12/h1,3-5,7,12,18H,2,6,8-10H2. The molecule has 111 valence electrons. The average molecular weight is 288 g/mol. The minimum atomic E-state index is -4.66. The molecule has 0 aliphatic carbocycles. The highest BCUT2D eigenvalue weighted by atomic mass is 19.4. The van der Waals surface area contributed by atoms with Crippen molar-refractivity contribution >= 4 is 0 Å². The van der Waals surface area contributed by atoms with E-state index in [2.05, 4.69) is 16.5 Å². The Kier molecular flexibility index (Phi) is 5.25. The molecule has 2 rings (SSSR count). The van der Waals surface area contributed by atoms with Crippen LogP contribution in [0.25, 0.3) is 0 Å². The average Bonchev–Trinajstić information content (AvgIpc) is 2.38. The third-order valence-corrected chi connectivity index (χ3v) is 2.96. The summed E-state index contributed by atoms with van der Waals surface area (Å²) in [5.74, 6) is 0.142. The summed E-state index contributed by atoms with van der Waals surface area (Å²) in [6.45, 7) is 2.72. The van der Waals surface area contributed by atoms with Crippen molar-refractivity contribution in [3.63, 3.8) is 0 Å². The van der Waals surface area contributed by atoms with Crippen molar-refractivity contribution in [2.75, 3.05) is 19.7 Å². The van der Waals surface area contributed by atoms with Crippen LogP contribution in [0.3, 0.4) is 0 Å². The van der Waals surface area contributed by atoms with Gasteiger partial charge in [0.1, 0.15) is 5.75 Å². The van der Waals surface area contributed by atoms with E-state index in [9.17, 15) is 13.2 Å². The van der Waals surface area contributed by atoms with Crippen molar-refractivity contribution in [1.29, 1.82) is 0 Å². The molecule has 0 spiro atoms. The van der Waals surface area contributed by atoms with E-state index in [0.717, 1.165) is 19.5 Å². The first-order valence-electron chi connectivity index (χ1n) is 6.49. The van der Waals surface area contributed by atoms with Gasteiger partial charge in [0.05, 0.1) is 13.2 Å². The maximum absolute atomic E-state index is 12.1. The van der Waals surface area contributed by atoms with Gasteiger partial charge in [-0.2, -0.15) is 0 Å². The van der Waals surface area contributed by atoms with Crippen molar-refractivity contribution in [2.24, 2.45) is 5.92 Å². The van der Waals surface area contributed by atoms with Crippen molar-refractivity contribution < 1.29 is 22.6 Å². The highest BCUT2D eigenvalue weighted by molar-refractivity contribution is 5.28. The molecule has 1 aliphatic rings. The maximum Gasteiger partial charge on any atom is 0.573 e. The van der Waals surface area contributed by atoms with Crippen molar-refractivity contribution in [2.45, 2.75) is 19.4 Å². The zero-order valence-electron chi connectivity index (χ0n) is 11.0. The van der Waals surface area contributed by atoms with E-state index >= 15 is 0 Å². The molecule has 1 aliphatic heterocycles. The zero-order valence-corrected chi connectivity index (χ0v) is 11.0. The molecule has 1 radical (unpaired) electrons. The number of benzene rings is 1. The first kappa shape index (κ1) is 15.1. The highest BCUT2D eigenvalue weighted by Crippen LogP contribution is 2.23. The Hall–Kier alpha value is -1.27. The summed E-state index contributed by atoms with van der Waals surface area (Å²) in [5, 5.41) is 3.26. The fourth-order valence-electron chi connectivity index (χ4n) is 2.08. The maximum atomic E-state index is 12.1. The monoisotopic (exact) mass is 288 g/mol. The first-order valence-corrected chi connectivity index (χ1v) is 6.49. The van der Waals surface area contributed by atoms with Gasteiger partial charge in [0, 0.05) is 6.54 Å². The molecule has 1 aromatic carbocycles. The van der Waals surface area contributed by atoms with E-state index in [1.807, 2.05) is 0 Å². The summed E-state index contributed by atoms with van der Waals surface area (Å²) >= 11 is 0. The van der Waals surface area contributed by atoms with Crippen molar-refractivity contribution in [1.82, 2.24) is 5.32 Å². The summed E-state index contributed by atoms with van der Waals surface area (Å²) in [7, 11) is 0. The molecule has 0 bridgehead atoms. The van der Waals surface area contributed by atoms with Crippen LogP contribution in [0.1, 0.15) is 12.0 Å². The van der Waals surface area contributed by atoms with Crippen LogP contribution in [0.15, 0.2) is 24.3 Å². The topological polar surface area (TPSA) is 30.5 Å². The van der Waals surface area contributed by atoms with Gasteiger partial charge >= 0.3 is 6.36 Å². The third-order valence-electron chi connectivity index (χ3n) is 2.96. The number of alkyl halides is 3. The van der Waals surface area contributed by atoms with Crippen LogP contribution in [0.2, 0.25) is 0 Å². The normalized spacial score (nSPS) is 19.9. The summed E-state index contributed by atoms with van der Waals surface area (Å²) in [6, 6.07) is 5.85. The first-order chi connectivity index (χ1) is 9.53. The van der Waals surface area contributed by atoms with E-state index < -0.39 is 6.36 Å². The summed E-state index contributed by atoms with van der Waals surface area (Å²) in [4.78, 5) is 0. The fourth-order valence-corrected chi connectivity index (χ4v) is 2.08. The van der Waals surface area contributed by atoms with Gasteiger partial charge in [0.15, 0.2) is 0 Å². The zero-order chi connectivity index (χ0) is 14.4. The molecule has 6 heteroatoms. The predicted molar refractivity (Wildman–Crippen MR) is 68.1 cm³/mol. The molecule has 20 heavy (non-hydrogen) atoms. The number of ether oxygens (including phenoxy) is 2. The Morgan fingerprint density at radius 1 is 1.30 bits per heavy atom. The number of hydrogen-bond acceptors (Lipinski definition) is 3. The Balaban J connectivity index is 1.79. The van der Waals surface area contributed by atoms with Crippen molar-refractivity contribution in [3.05, 3.63) is 36.2 Å². The van der Waals surface area contributed by atoms with E-state index in [-0.39, 0.29) is 12.4 Å². The van der Waals surface area contributed by atoms with Gasteiger partial charge in [0.25, 0.3) is 0 Å². The van der Waals surface area contributed by atoms with E-state index in [4.69, 9.17) is 4.74 Å². The van der Waals surface area contributed by atoms with E-state index in [0.29, 0.717) is 18.1 Å². The summed E-state index contributed by atoms with van der Waals surface area (Å²) in [5.41, 5.74) is 0.663. The van der Waals surface area contributed by atoms with Gasteiger partial charge in [-0.25, -0.2) is 0 Å². The molecule has 1 aromatic rings. The lowest BCUT2D eigenvalue weighted by atomic mass is 10.0. The Morgan fingerprint density at radius 3 is 2.85 bits per heavy atom. The molecule has 1 saturated heterocycles. The van der Waals surface area contributed by atoms with Crippen LogP contribution >= 0.6 is 0 Å². The SMILES string of the molecule is FC(F)(F)Oc1cccc(COCC2[CH]CCNC2)c1. The van der Waals surface area contributed by atoms with Gasteiger partial charge < -0.3 is 14.8 Å². The van der Waals surface area contributed by atoms with Gasteiger partial charge in [0.2, 0.25) is 0 Å². The van der Waals surface area contributed by atoms with Gasteiger partial charge in [-0.1, -0.05) is 12.1 Å². The fraction of sp³-hybridized carbons (Fsp3) is 0.500. The lowest BCUT2D eigenvalue weighted by Gasteiger charge is -2.22. The Labute approximate surface area is 116 Å². The smallest absolute Gasteiger partial charge is 0.406 e. The Bertz CT molecular complexity index is 417. The van der Waals surface area contributed by atoms with E-state index in [1.165, 1.54) is 18.2 Å². The van der Waals surface area contributed by atoms with Crippen LogP contribution in [-0.4, -0.2) is 26.1 Å². The lowest BCUT2D eigenvalue weighted by Crippen LogP contribution is -2.32. The quantitative estimate of drug-likeness (QED) is 0.903. The number of piperidine rings is 1. The molecule has 1 fully saturated rings. The minimum absolute atomic E-state index is 0.218. The summed E-state index contributed by atoms with van der Waals surface area (Å²) < 4.78 is 45.7. The van der Waals surface area contributed by atoms with Crippen LogP contribution in [0.4, 0.5) is 13.2 Å². The van der Waals surface area contributed by atoms with Gasteiger partial charge in [-0.05, 0) is 43.0 Å². The molecule has 1 N–H and O–H groups in total. The van der Waals surface area contributed by atoms with Gasteiger partial charge in [-0.3, -0.25) is 0 Å². The minimum Gasteiger partial charge on any atom is -0.406 e. The third kappa shape index (κ3) is 5.38. The highest BCUT2D eigenvalue weighted by Gasteiger charge is 2.31. The summed E-state index contributed by atoms with van der Waals surface area (Å²) in [6.07, 6.45) is -1.44. The van der Waals surface area contributed by atoms with Crippen LogP contribution in [0.5, 0.6) is 5.75 Å². The van der Waals surface area contributed by atoms with Crippen molar-refractivity contribution in [3.8, 4) is 5.75 Å².